The summed E-state index contributed by atoms with van der Waals surface area (Å²) in [6.45, 7) is 0.605. The van der Waals surface area contributed by atoms with Crippen molar-refractivity contribution in [2.45, 2.75) is 51.1 Å². The van der Waals surface area contributed by atoms with Crippen molar-refractivity contribution in [1.29, 1.82) is 0 Å². The van der Waals surface area contributed by atoms with Crippen LogP contribution in [0, 0.1) is 5.82 Å². The molecule has 0 aromatic heterocycles. The van der Waals surface area contributed by atoms with Crippen LogP contribution in [0.2, 0.25) is 0 Å². The van der Waals surface area contributed by atoms with Crippen molar-refractivity contribution in [2.75, 3.05) is 0 Å². The standard InChI is InChI=1S/C15H22FN3O/c16-13-8-11(7-12(9-13)15(17)19-20)10-18-14-5-3-1-2-4-6-14/h7-9,14,18,20H,1-6,10H2,(H2,17,19). The first-order valence-electron chi connectivity index (χ1n) is 7.20. The molecule has 4 nitrogen and oxygen atoms in total. The van der Waals surface area contributed by atoms with E-state index < -0.39 is 0 Å². The topological polar surface area (TPSA) is 70.6 Å². The molecule has 1 aliphatic rings. The summed E-state index contributed by atoms with van der Waals surface area (Å²) >= 11 is 0. The molecule has 0 bridgehead atoms. The molecule has 110 valence electrons. The number of hydrogen-bond acceptors (Lipinski definition) is 3. The molecule has 2 rings (SSSR count). The van der Waals surface area contributed by atoms with Crippen LogP contribution in [0.5, 0.6) is 0 Å². The lowest BCUT2D eigenvalue weighted by Gasteiger charge is -2.16. The molecule has 0 spiro atoms. The average Bonchev–Trinajstić information content (AvgIpc) is 2.72. The van der Waals surface area contributed by atoms with E-state index in [1.54, 1.807) is 6.07 Å². The molecule has 1 fully saturated rings. The van der Waals surface area contributed by atoms with Gasteiger partial charge in [0.25, 0.3) is 0 Å². The predicted molar refractivity (Wildman–Crippen MR) is 77.2 cm³/mol. The zero-order valence-corrected chi connectivity index (χ0v) is 11.6. The fourth-order valence-corrected chi connectivity index (χ4v) is 2.70. The first-order chi connectivity index (χ1) is 9.69. The molecule has 0 amide bonds. The SMILES string of the molecule is N/C(=N/O)c1cc(F)cc(CNC2CCCCCC2)c1. The third-order valence-corrected chi connectivity index (χ3v) is 3.81. The first-order valence-corrected chi connectivity index (χ1v) is 7.20. The smallest absolute Gasteiger partial charge is 0.170 e. The van der Waals surface area contributed by atoms with E-state index in [1.165, 1.54) is 50.7 Å². The Bertz CT molecular complexity index is 468. The van der Waals surface area contributed by atoms with Gasteiger partial charge in [-0.1, -0.05) is 30.8 Å². The molecule has 0 saturated heterocycles. The maximum absolute atomic E-state index is 13.5. The van der Waals surface area contributed by atoms with E-state index >= 15 is 0 Å². The van der Waals surface area contributed by atoms with Gasteiger partial charge in [0, 0.05) is 18.2 Å². The number of hydrogen-bond donors (Lipinski definition) is 3. The van der Waals surface area contributed by atoms with Crippen molar-refractivity contribution in [3.8, 4) is 0 Å². The van der Waals surface area contributed by atoms with Crippen LogP contribution in [0.25, 0.3) is 0 Å². The van der Waals surface area contributed by atoms with E-state index in [0.29, 0.717) is 18.2 Å². The molecule has 0 unspecified atom stereocenters. The Balaban J connectivity index is 1.99. The van der Waals surface area contributed by atoms with Gasteiger partial charge in [0.05, 0.1) is 0 Å². The maximum atomic E-state index is 13.5. The van der Waals surface area contributed by atoms with Crippen molar-refractivity contribution >= 4 is 5.84 Å². The Labute approximate surface area is 118 Å². The number of oxime groups is 1. The number of benzene rings is 1. The highest BCUT2D eigenvalue weighted by molar-refractivity contribution is 5.97. The summed E-state index contributed by atoms with van der Waals surface area (Å²) in [5.41, 5.74) is 6.73. The van der Waals surface area contributed by atoms with Crippen LogP contribution in [-0.4, -0.2) is 17.1 Å². The van der Waals surface area contributed by atoms with Gasteiger partial charge >= 0.3 is 0 Å². The highest BCUT2D eigenvalue weighted by atomic mass is 19.1. The summed E-state index contributed by atoms with van der Waals surface area (Å²) in [5, 5.41) is 15.0. The molecule has 0 atom stereocenters. The van der Waals surface area contributed by atoms with E-state index in [-0.39, 0.29) is 11.7 Å². The van der Waals surface area contributed by atoms with Gasteiger partial charge in [-0.05, 0) is 36.6 Å². The lowest BCUT2D eigenvalue weighted by Crippen LogP contribution is -2.28. The summed E-state index contributed by atoms with van der Waals surface area (Å²) in [5.74, 6) is -0.438. The van der Waals surface area contributed by atoms with Crippen molar-refractivity contribution < 1.29 is 9.60 Å². The molecular formula is C15H22FN3O. The summed E-state index contributed by atoms with van der Waals surface area (Å²) < 4.78 is 13.5. The number of nitrogens with one attached hydrogen (secondary N) is 1. The Morgan fingerprint density at radius 1 is 1.25 bits per heavy atom. The van der Waals surface area contributed by atoms with Crippen molar-refractivity contribution in [2.24, 2.45) is 10.9 Å². The van der Waals surface area contributed by atoms with Crippen LogP contribution in [-0.2, 0) is 6.54 Å². The van der Waals surface area contributed by atoms with Crippen LogP contribution in [0.4, 0.5) is 4.39 Å². The fraction of sp³-hybridized carbons (Fsp3) is 0.533. The molecule has 5 heteroatoms. The normalized spacial score (nSPS) is 17.9. The van der Waals surface area contributed by atoms with E-state index in [4.69, 9.17) is 10.9 Å². The lowest BCUT2D eigenvalue weighted by molar-refractivity contribution is 0.318. The fourth-order valence-electron chi connectivity index (χ4n) is 2.70. The van der Waals surface area contributed by atoms with Gasteiger partial charge in [0.15, 0.2) is 5.84 Å². The summed E-state index contributed by atoms with van der Waals surface area (Å²) in [6.07, 6.45) is 7.51. The maximum Gasteiger partial charge on any atom is 0.170 e. The molecule has 1 aliphatic carbocycles. The van der Waals surface area contributed by atoms with Gasteiger partial charge in [0.1, 0.15) is 5.82 Å². The molecule has 1 aromatic carbocycles. The number of rotatable bonds is 4. The second-order valence-electron chi connectivity index (χ2n) is 5.40. The number of amidine groups is 1. The quantitative estimate of drug-likeness (QED) is 0.261. The summed E-state index contributed by atoms with van der Waals surface area (Å²) in [6, 6.07) is 5.01. The van der Waals surface area contributed by atoms with Crippen LogP contribution >= 0.6 is 0 Å². The van der Waals surface area contributed by atoms with Crippen LogP contribution in [0.3, 0.4) is 0 Å². The van der Waals surface area contributed by atoms with Crippen LogP contribution < -0.4 is 11.1 Å². The zero-order chi connectivity index (χ0) is 14.4. The first kappa shape index (κ1) is 14.8. The van der Waals surface area contributed by atoms with Gasteiger partial charge < -0.3 is 16.3 Å². The second-order valence-corrected chi connectivity index (χ2v) is 5.40. The molecule has 1 saturated carbocycles. The van der Waals surface area contributed by atoms with Crippen molar-refractivity contribution in [3.63, 3.8) is 0 Å². The summed E-state index contributed by atoms with van der Waals surface area (Å²) in [7, 11) is 0. The second kappa shape index (κ2) is 7.24. The van der Waals surface area contributed by atoms with E-state index in [0.717, 1.165) is 5.56 Å². The average molecular weight is 279 g/mol. The monoisotopic (exact) mass is 279 g/mol. The minimum Gasteiger partial charge on any atom is -0.409 e. The number of halogens is 1. The molecule has 20 heavy (non-hydrogen) atoms. The third-order valence-electron chi connectivity index (χ3n) is 3.81. The van der Waals surface area contributed by atoms with Crippen LogP contribution in [0.1, 0.15) is 49.7 Å². The number of nitrogens with two attached hydrogens (primary N) is 1. The Morgan fingerprint density at radius 3 is 2.60 bits per heavy atom. The molecule has 1 aromatic rings. The minimum absolute atomic E-state index is 0.0692. The highest BCUT2D eigenvalue weighted by Crippen LogP contribution is 2.18. The largest absolute Gasteiger partial charge is 0.409 e. The van der Waals surface area contributed by atoms with Gasteiger partial charge in [-0.25, -0.2) is 4.39 Å². The van der Waals surface area contributed by atoms with E-state index in [9.17, 15) is 4.39 Å². The van der Waals surface area contributed by atoms with Crippen molar-refractivity contribution in [1.82, 2.24) is 5.32 Å². The molecule has 0 radical (unpaired) electrons. The molecule has 0 heterocycles. The van der Waals surface area contributed by atoms with Crippen molar-refractivity contribution in [3.05, 3.63) is 35.1 Å². The minimum atomic E-state index is -0.369. The van der Waals surface area contributed by atoms with Gasteiger partial charge in [0.2, 0.25) is 0 Å². The van der Waals surface area contributed by atoms with Gasteiger partial charge in [-0.15, -0.1) is 0 Å². The Hall–Kier alpha value is -1.62. The molecular weight excluding hydrogens is 257 g/mol. The molecule has 4 N–H and O–H groups in total. The number of nitrogens with zero attached hydrogens (tertiary/aromatic N) is 1. The van der Waals surface area contributed by atoms with Crippen LogP contribution in [0.15, 0.2) is 23.4 Å². The Kier molecular flexibility index (Phi) is 5.35. The Morgan fingerprint density at radius 2 is 1.95 bits per heavy atom. The summed E-state index contributed by atoms with van der Waals surface area (Å²) in [4.78, 5) is 0. The molecule has 0 aliphatic heterocycles. The highest BCUT2D eigenvalue weighted by Gasteiger charge is 2.12. The zero-order valence-electron chi connectivity index (χ0n) is 11.6. The van der Waals surface area contributed by atoms with Gasteiger partial charge in [-0.3, -0.25) is 0 Å². The lowest BCUT2D eigenvalue weighted by atomic mass is 10.1. The van der Waals surface area contributed by atoms with E-state index in [1.807, 2.05) is 0 Å². The third kappa shape index (κ3) is 4.20. The van der Waals surface area contributed by atoms with Gasteiger partial charge in [-0.2, -0.15) is 0 Å². The predicted octanol–water partition coefficient (Wildman–Crippen LogP) is 2.73. The van der Waals surface area contributed by atoms with E-state index in [2.05, 4.69) is 10.5 Å².